The standard InChI is InChI=1S/C11H23N/c1-5-7-8-11(12-4)9-10(3)6-2/h5,10-12H,1,6-9H2,2-4H3. The van der Waals surface area contributed by atoms with Gasteiger partial charge in [0.15, 0.2) is 0 Å². The summed E-state index contributed by atoms with van der Waals surface area (Å²) in [6.45, 7) is 8.31. The molecule has 72 valence electrons. The van der Waals surface area contributed by atoms with E-state index in [-0.39, 0.29) is 0 Å². The van der Waals surface area contributed by atoms with Crippen LogP contribution < -0.4 is 5.32 Å². The topological polar surface area (TPSA) is 12.0 Å². The van der Waals surface area contributed by atoms with Gasteiger partial charge < -0.3 is 5.32 Å². The minimum atomic E-state index is 0.679. The van der Waals surface area contributed by atoms with Crippen molar-refractivity contribution in [2.24, 2.45) is 5.92 Å². The molecule has 1 heteroatoms. The van der Waals surface area contributed by atoms with Crippen molar-refractivity contribution in [3.05, 3.63) is 12.7 Å². The molecule has 0 rings (SSSR count). The van der Waals surface area contributed by atoms with Crippen LogP contribution in [0.5, 0.6) is 0 Å². The van der Waals surface area contributed by atoms with Crippen molar-refractivity contribution in [1.29, 1.82) is 0 Å². The van der Waals surface area contributed by atoms with E-state index >= 15 is 0 Å². The van der Waals surface area contributed by atoms with Crippen LogP contribution in [0.1, 0.15) is 39.5 Å². The molecule has 0 spiro atoms. The van der Waals surface area contributed by atoms with Crippen molar-refractivity contribution in [2.45, 2.75) is 45.6 Å². The summed E-state index contributed by atoms with van der Waals surface area (Å²) in [7, 11) is 2.05. The zero-order chi connectivity index (χ0) is 9.40. The van der Waals surface area contributed by atoms with Gasteiger partial charge in [0.25, 0.3) is 0 Å². The van der Waals surface area contributed by atoms with Crippen molar-refractivity contribution < 1.29 is 0 Å². The van der Waals surface area contributed by atoms with Gasteiger partial charge in [-0.25, -0.2) is 0 Å². The van der Waals surface area contributed by atoms with E-state index in [0.29, 0.717) is 6.04 Å². The third kappa shape index (κ3) is 5.36. The first-order valence-electron chi connectivity index (χ1n) is 5.02. The summed E-state index contributed by atoms with van der Waals surface area (Å²) in [4.78, 5) is 0. The molecule has 0 aromatic heterocycles. The Labute approximate surface area is 77.2 Å². The molecule has 0 saturated carbocycles. The highest BCUT2D eigenvalue weighted by atomic mass is 14.9. The van der Waals surface area contributed by atoms with Crippen LogP contribution in [0.15, 0.2) is 12.7 Å². The molecular weight excluding hydrogens is 146 g/mol. The van der Waals surface area contributed by atoms with Crippen LogP contribution in [-0.2, 0) is 0 Å². The third-order valence-corrected chi connectivity index (χ3v) is 2.51. The Morgan fingerprint density at radius 3 is 2.58 bits per heavy atom. The highest BCUT2D eigenvalue weighted by Crippen LogP contribution is 2.12. The lowest BCUT2D eigenvalue weighted by Gasteiger charge is -2.18. The Hall–Kier alpha value is -0.300. The first-order chi connectivity index (χ1) is 5.74. The monoisotopic (exact) mass is 169 g/mol. The van der Waals surface area contributed by atoms with Crippen molar-refractivity contribution in [2.75, 3.05) is 7.05 Å². The largest absolute Gasteiger partial charge is 0.317 e. The van der Waals surface area contributed by atoms with Crippen LogP contribution in [0.3, 0.4) is 0 Å². The van der Waals surface area contributed by atoms with Crippen LogP contribution >= 0.6 is 0 Å². The third-order valence-electron chi connectivity index (χ3n) is 2.51. The molecule has 0 fully saturated rings. The Balaban J connectivity index is 3.58. The van der Waals surface area contributed by atoms with E-state index in [1.165, 1.54) is 19.3 Å². The highest BCUT2D eigenvalue weighted by Gasteiger charge is 2.08. The minimum Gasteiger partial charge on any atom is -0.317 e. The van der Waals surface area contributed by atoms with Crippen molar-refractivity contribution >= 4 is 0 Å². The molecule has 2 atom stereocenters. The Bertz CT molecular complexity index is 110. The van der Waals surface area contributed by atoms with Gasteiger partial charge in [-0.2, -0.15) is 0 Å². The van der Waals surface area contributed by atoms with Crippen LogP contribution in [0.2, 0.25) is 0 Å². The highest BCUT2D eigenvalue weighted by molar-refractivity contribution is 4.74. The van der Waals surface area contributed by atoms with E-state index in [4.69, 9.17) is 0 Å². The van der Waals surface area contributed by atoms with Crippen LogP contribution in [0.4, 0.5) is 0 Å². The Morgan fingerprint density at radius 1 is 1.50 bits per heavy atom. The number of hydrogen-bond acceptors (Lipinski definition) is 1. The second kappa shape index (κ2) is 7.35. The van der Waals surface area contributed by atoms with Gasteiger partial charge in [-0.3, -0.25) is 0 Å². The second-order valence-electron chi connectivity index (χ2n) is 3.60. The quantitative estimate of drug-likeness (QED) is 0.578. The lowest BCUT2D eigenvalue weighted by molar-refractivity contribution is 0.397. The molecule has 0 aliphatic rings. The van der Waals surface area contributed by atoms with Gasteiger partial charge in [0.05, 0.1) is 0 Å². The number of hydrogen-bond donors (Lipinski definition) is 1. The normalized spacial score (nSPS) is 15.6. The molecule has 2 unspecified atom stereocenters. The predicted molar refractivity (Wildman–Crippen MR) is 56.4 cm³/mol. The Kier molecular flexibility index (Phi) is 7.17. The number of nitrogens with one attached hydrogen (secondary N) is 1. The molecule has 0 aliphatic carbocycles. The molecule has 0 aromatic rings. The maximum absolute atomic E-state index is 3.74. The molecule has 1 nitrogen and oxygen atoms in total. The molecule has 0 amide bonds. The van der Waals surface area contributed by atoms with E-state index in [9.17, 15) is 0 Å². The SMILES string of the molecule is C=CCCC(CC(C)CC)NC. The molecule has 0 heterocycles. The summed E-state index contributed by atoms with van der Waals surface area (Å²) in [5.74, 6) is 0.840. The summed E-state index contributed by atoms with van der Waals surface area (Å²) < 4.78 is 0. The average molecular weight is 169 g/mol. The second-order valence-corrected chi connectivity index (χ2v) is 3.60. The molecule has 0 radical (unpaired) electrons. The van der Waals surface area contributed by atoms with Gasteiger partial charge in [-0.1, -0.05) is 26.3 Å². The maximum atomic E-state index is 3.74. The smallest absolute Gasteiger partial charge is 0.00695 e. The molecular formula is C11H23N. The van der Waals surface area contributed by atoms with E-state index in [2.05, 4.69) is 32.8 Å². The van der Waals surface area contributed by atoms with Crippen molar-refractivity contribution in [3.63, 3.8) is 0 Å². The first-order valence-corrected chi connectivity index (χ1v) is 5.02. The summed E-state index contributed by atoms with van der Waals surface area (Å²) in [6, 6.07) is 0.679. The number of rotatable bonds is 7. The Morgan fingerprint density at radius 2 is 2.17 bits per heavy atom. The average Bonchev–Trinajstić information content (AvgIpc) is 2.11. The van der Waals surface area contributed by atoms with Gasteiger partial charge >= 0.3 is 0 Å². The van der Waals surface area contributed by atoms with E-state index in [0.717, 1.165) is 12.3 Å². The van der Waals surface area contributed by atoms with Crippen LogP contribution in [0.25, 0.3) is 0 Å². The van der Waals surface area contributed by atoms with Crippen molar-refractivity contribution in [3.8, 4) is 0 Å². The van der Waals surface area contributed by atoms with Gasteiger partial charge in [0.1, 0.15) is 0 Å². The summed E-state index contributed by atoms with van der Waals surface area (Å²) in [5.41, 5.74) is 0. The van der Waals surface area contributed by atoms with Crippen LogP contribution in [0, 0.1) is 5.92 Å². The lowest BCUT2D eigenvalue weighted by atomic mass is 9.96. The molecule has 0 saturated heterocycles. The predicted octanol–water partition coefficient (Wildman–Crippen LogP) is 2.98. The molecule has 0 bridgehead atoms. The molecule has 0 aromatic carbocycles. The number of allylic oxidation sites excluding steroid dienone is 1. The molecule has 1 N–H and O–H groups in total. The summed E-state index contributed by atoms with van der Waals surface area (Å²) in [6.07, 6.45) is 6.93. The van der Waals surface area contributed by atoms with Gasteiger partial charge in [-0.05, 0) is 32.2 Å². The fourth-order valence-corrected chi connectivity index (χ4v) is 1.35. The molecule has 0 aliphatic heterocycles. The van der Waals surface area contributed by atoms with E-state index in [1.54, 1.807) is 0 Å². The van der Waals surface area contributed by atoms with E-state index < -0.39 is 0 Å². The maximum Gasteiger partial charge on any atom is 0.00695 e. The fourth-order valence-electron chi connectivity index (χ4n) is 1.35. The zero-order valence-corrected chi connectivity index (χ0v) is 8.77. The lowest BCUT2D eigenvalue weighted by Crippen LogP contribution is -2.26. The van der Waals surface area contributed by atoms with Gasteiger partial charge in [0.2, 0.25) is 0 Å². The fraction of sp³-hybridized carbons (Fsp3) is 0.818. The summed E-state index contributed by atoms with van der Waals surface area (Å²) >= 11 is 0. The van der Waals surface area contributed by atoms with Crippen LogP contribution in [-0.4, -0.2) is 13.1 Å². The zero-order valence-electron chi connectivity index (χ0n) is 8.77. The van der Waals surface area contributed by atoms with E-state index in [1.807, 2.05) is 6.08 Å². The van der Waals surface area contributed by atoms with Crippen molar-refractivity contribution in [1.82, 2.24) is 5.32 Å². The summed E-state index contributed by atoms with van der Waals surface area (Å²) in [5, 5.41) is 3.35. The first kappa shape index (κ1) is 11.7. The van der Waals surface area contributed by atoms with Gasteiger partial charge in [-0.15, -0.1) is 6.58 Å². The molecule has 12 heavy (non-hydrogen) atoms. The van der Waals surface area contributed by atoms with Gasteiger partial charge in [0, 0.05) is 6.04 Å². The minimum absolute atomic E-state index is 0.679.